The number of carboxylic acids is 1. The van der Waals surface area contributed by atoms with E-state index in [1.54, 1.807) is 7.11 Å². The molecular formula is C10H16O4. The van der Waals surface area contributed by atoms with Gasteiger partial charge in [-0.05, 0) is 25.7 Å². The third kappa shape index (κ3) is 1.33. The fourth-order valence-corrected chi connectivity index (χ4v) is 2.49. The fraction of sp³-hybridized carbons (Fsp3) is 0.900. The molecule has 3 rings (SSSR count). The van der Waals surface area contributed by atoms with Gasteiger partial charge in [-0.1, -0.05) is 0 Å². The van der Waals surface area contributed by atoms with Crippen molar-refractivity contribution < 1.29 is 19.4 Å². The Morgan fingerprint density at radius 1 is 1.43 bits per heavy atom. The second kappa shape index (κ2) is 3.21. The Morgan fingerprint density at radius 3 is 2.43 bits per heavy atom. The van der Waals surface area contributed by atoms with Crippen LogP contribution in [0.25, 0.3) is 0 Å². The number of methoxy groups -OCH3 is 1. The topological polar surface area (TPSA) is 55.8 Å². The predicted molar refractivity (Wildman–Crippen MR) is 49.1 cm³/mol. The molecule has 14 heavy (non-hydrogen) atoms. The van der Waals surface area contributed by atoms with Gasteiger partial charge in [0.2, 0.25) is 0 Å². The smallest absolute Gasteiger partial charge is 0.311 e. The van der Waals surface area contributed by atoms with Crippen LogP contribution in [0.3, 0.4) is 0 Å². The predicted octanol–water partition coefficient (Wildman–Crippen LogP) is 1.05. The molecule has 1 N–H and O–H groups in total. The summed E-state index contributed by atoms with van der Waals surface area (Å²) in [6, 6.07) is 0. The minimum absolute atomic E-state index is 0.189. The van der Waals surface area contributed by atoms with Crippen LogP contribution in [-0.4, -0.2) is 37.0 Å². The molecule has 2 aliphatic heterocycles. The van der Waals surface area contributed by atoms with Gasteiger partial charge in [0.25, 0.3) is 0 Å². The van der Waals surface area contributed by atoms with Crippen LogP contribution in [-0.2, 0) is 14.3 Å². The normalized spacial score (nSPS) is 41.2. The molecule has 0 aromatic heterocycles. The Balaban J connectivity index is 2.09. The van der Waals surface area contributed by atoms with Gasteiger partial charge in [-0.25, -0.2) is 0 Å². The number of carbonyl (C=O) groups is 1. The summed E-state index contributed by atoms with van der Waals surface area (Å²) in [5.41, 5.74) is -0.790. The van der Waals surface area contributed by atoms with E-state index < -0.39 is 11.4 Å². The van der Waals surface area contributed by atoms with Gasteiger partial charge < -0.3 is 14.6 Å². The number of ether oxygens (including phenoxy) is 2. The van der Waals surface area contributed by atoms with E-state index in [4.69, 9.17) is 14.6 Å². The molecule has 0 aromatic rings. The highest BCUT2D eigenvalue weighted by molar-refractivity contribution is 5.75. The monoisotopic (exact) mass is 200 g/mol. The summed E-state index contributed by atoms with van der Waals surface area (Å²) in [6.07, 6.45) is 3.08. The van der Waals surface area contributed by atoms with Crippen LogP contribution in [0.2, 0.25) is 0 Å². The van der Waals surface area contributed by atoms with Crippen molar-refractivity contribution in [2.45, 2.75) is 31.3 Å². The molecule has 0 aromatic carbocycles. The van der Waals surface area contributed by atoms with Gasteiger partial charge in [-0.2, -0.15) is 0 Å². The largest absolute Gasteiger partial charge is 0.481 e. The highest BCUT2D eigenvalue weighted by Gasteiger charge is 2.53. The third-order valence-corrected chi connectivity index (χ3v) is 3.63. The molecule has 0 atom stereocenters. The number of hydrogen-bond donors (Lipinski definition) is 1. The van der Waals surface area contributed by atoms with Gasteiger partial charge >= 0.3 is 5.97 Å². The van der Waals surface area contributed by atoms with Crippen molar-refractivity contribution in [2.24, 2.45) is 5.41 Å². The first-order valence-corrected chi connectivity index (χ1v) is 4.99. The molecule has 4 nitrogen and oxygen atoms in total. The quantitative estimate of drug-likeness (QED) is 0.739. The standard InChI is InChI=1S/C10H16O4/c1-13-7-10-4-2-9(3-5-10,6-14-10)8(11)12/h2-7H2,1H3,(H,11,12). The molecule has 3 aliphatic rings. The lowest BCUT2D eigenvalue weighted by Gasteiger charge is -2.50. The highest BCUT2D eigenvalue weighted by atomic mass is 16.5. The summed E-state index contributed by atoms with van der Waals surface area (Å²) < 4.78 is 10.8. The number of hydrogen-bond acceptors (Lipinski definition) is 3. The first-order valence-electron chi connectivity index (χ1n) is 4.99. The van der Waals surface area contributed by atoms with E-state index in [1.807, 2.05) is 0 Å². The van der Waals surface area contributed by atoms with Gasteiger partial charge in [0.05, 0.1) is 24.2 Å². The summed E-state index contributed by atoms with van der Waals surface area (Å²) in [7, 11) is 1.66. The zero-order valence-electron chi connectivity index (χ0n) is 8.41. The van der Waals surface area contributed by atoms with Crippen LogP contribution >= 0.6 is 0 Å². The van der Waals surface area contributed by atoms with E-state index in [9.17, 15) is 4.79 Å². The maximum Gasteiger partial charge on any atom is 0.311 e. The van der Waals surface area contributed by atoms with Crippen LogP contribution in [0.1, 0.15) is 25.7 Å². The zero-order valence-corrected chi connectivity index (χ0v) is 8.41. The molecule has 4 heteroatoms. The number of fused-ring (bicyclic) bond motifs is 3. The summed E-state index contributed by atoms with van der Waals surface area (Å²) in [5.74, 6) is -0.705. The number of rotatable bonds is 3. The SMILES string of the molecule is COCC12CCC(C(=O)O)(CC1)CO2. The molecular weight excluding hydrogens is 184 g/mol. The molecule has 0 spiro atoms. The Kier molecular flexibility index (Phi) is 2.27. The molecule has 3 fully saturated rings. The van der Waals surface area contributed by atoms with Gasteiger partial charge in [0.15, 0.2) is 0 Å². The minimum atomic E-state index is -0.705. The summed E-state index contributed by atoms with van der Waals surface area (Å²) in [4.78, 5) is 11.1. The van der Waals surface area contributed by atoms with Gasteiger partial charge in [-0.3, -0.25) is 4.79 Å². The van der Waals surface area contributed by atoms with Crippen molar-refractivity contribution in [3.05, 3.63) is 0 Å². The summed E-state index contributed by atoms with van der Waals surface area (Å²) in [6.45, 7) is 0.939. The molecule has 0 amide bonds. The van der Waals surface area contributed by atoms with E-state index in [1.165, 1.54) is 0 Å². The third-order valence-electron chi connectivity index (χ3n) is 3.63. The minimum Gasteiger partial charge on any atom is -0.481 e. The average Bonchev–Trinajstić information content (AvgIpc) is 2.20. The molecule has 1 saturated carbocycles. The van der Waals surface area contributed by atoms with Crippen molar-refractivity contribution in [1.82, 2.24) is 0 Å². The van der Waals surface area contributed by atoms with Crippen LogP contribution in [0.5, 0.6) is 0 Å². The fourth-order valence-electron chi connectivity index (χ4n) is 2.49. The first-order chi connectivity index (χ1) is 6.63. The molecule has 0 unspecified atom stereocenters. The number of aliphatic carboxylic acids is 1. The average molecular weight is 200 g/mol. The molecule has 2 saturated heterocycles. The molecule has 2 heterocycles. The maximum absolute atomic E-state index is 11.1. The maximum atomic E-state index is 11.1. The van der Waals surface area contributed by atoms with Crippen molar-refractivity contribution >= 4 is 5.97 Å². The Morgan fingerprint density at radius 2 is 2.07 bits per heavy atom. The van der Waals surface area contributed by atoms with E-state index in [-0.39, 0.29) is 5.60 Å². The molecule has 1 aliphatic carbocycles. The van der Waals surface area contributed by atoms with Crippen LogP contribution in [0.4, 0.5) is 0 Å². The molecule has 2 bridgehead atoms. The second-order valence-corrected chi connectivity index (χ2v) is 4.49. The van der Waals surface area contributed by atoms with Crippen molar-refractivity contribution in [3.63, 3.8) is 0 Å². The lowest BCUT2D eigenvalue weighted by atomic mass is 9.66. The van der Waals surface area contributed by atoms with E-state index in [2.05, 4.69) is 0 Å². The van der Waals surface area contributed by atoms with Crippen molar-refractivity contribution in [3.8, 4) is 0 Å². The van der Waals surface area contributed by atoms with E-state index >= 15 is 0 Å². The lowest BCUT2D eigenvalue weighted by Crippen LogP contribution is -2.56. The van der Waals surface area contributed by atoms with Crippen molar-refractivity contribution in [2.75, 3.05) is 20.3 Å². The Hall–Kier alpha value is -0.610. The van der Waals surface area contributed by atoms with Gasteiger partial charge in [-0.15, -0.1) is 0 Å². The van der Waals surface area contributed by atoms with Gasteiger partial charge in [0.1, 0.15) is 0 Å². The molecule has 0 radical (unpaired) electrons. The molecule has 80 valence electrons. The van der Waals surface area contributed by atoms with Crippen LogP contribution in [0.15, 0.2) is 0 Å². The van der Waals surface area contributed by atoms with E-state index in [0.717, 1.165) is 25.7 Å². The second-order valence-electron chi connectivity index (χ2n) is 4.49. The number of carboxylic acid groups (broad SMARTS) is 1. The highest BCUT2D eigenvalue weighted by Crippen LogP contribution is 2.48. The Bertz CT molecular complexity index is 224. The summed E-state index contributed by atoms with van der Waals surface area (Å²) in [5, 5.41) is 9.12. The van der Waals surface area contributed by atoms with E-state index in [0.29, 0.717) is 13.2 Å². The lowest BCUT2D eigenvalue weighted by molar-refractivity contribution is -0.213. The van der Waals surface area contributed by atoms with Gasteiger partial charge in [0, 0.05) is 7.11 Å². The zero-order chi connectivity index (χ0) is 10.2. The van der Waals surface area contributed by atoms with Crippen LogP contribution in [0, 0.1) is 5.41 Å². The van der Waals surface area contributed by atoms with Crippen LogP contribution < -0.4 is 0 Å². The summed E-state index contributed by atoms with van der Waals surface area (Å²) >= 11 is 0. The first kappa shape index (κ1) is 9.93. The van der Waals surface area contributed by atoms with Crippen molar-refractivity contribution in [1.29, 1.82) is 0 Å². The Labute approximate surface area is 83.2 Å².